The molecule has 1 heterocycles. The fourth-order valence-electron chi connectivity index (χ4n) is 2.18. The van der Waals surface area contributed by atoms with Crippen LogP contribution in [-0.4, -0.2) is 54.5 Å². The van der Waals surface area contributed by atoms with Crippen LogP contribution < -0.4 is 0 Å². The van der Waals surface area contributed by atoms with E-state index in [0.29, 0.717) is 19.3 Å². The van der Waals surface area contributed by atoms with Crippen molar-refractivity contribution < 1.29 is 22.8 Å². The van der Waals surface area contributed by atoms with Gasteiger partial charge in [-0.2, -0.15) is 0 Å². The number of ether oxygens (including phenoxy) is 2. The molecule has 5 nitrogen and oxygen atoms in total. The minimum Gasteiger partial charge on any atom is -0.379 e. The topological polar surface area (TPSA) is 49.5 Å². The molecule has 0 spiro atoms. The van der Waals surface area contributed by atoms with Crippen molar-refractivity contribution in [1.29, 1.82) is 0 Å². The molecule has 0 aromatic carbocycles. The van der Waals surface area contributed by atoms with E-state index in [1.165, 1.54) is 0 Å². The molecule has 0 radical (unpaired) electrons. The number of unbranched alkanes of at least 4 members (excludes halogenated alkanes) is 2. The van der Waals surface area contributed by atoms with Crippen LogP contribution in [0.2, 0.25) is 6.04 Å². The molecule has 126 valence electrons. The van der Waals surface area contributed by atoms with Gasteiger partial charge in [0, 0.05) is 32.5 Å². The Balaban J connectivity index is 2.06. The summed E-state index contributed by atoms with van der Waals surface area (Å²) in [4.78, 5) is 0. The van der Waals surface area contributed by atoms with Crippen LogP contribution in [0.5, 0.6) is 0 Å². The number of epoxide rings is 1. The first kappa shape index (κ1) is 19.1. The van der Waals surface area contributed by atoms with Crippen molar-refractivity contribution >= 4 is 8.80 Å². The van der Waals surface area contributed by atoms with E-state index >= 15 is 0 Å². The van der Waals surface area contributed by atoms with Crippen LogP contribution in [0, 0.1) is 0 Å². The van der Waals surface area contributed by atoms with Crippen LogP contribution in [0.3, 0.4) is 0 Å². The summed E-state index contributed by atoms with van der Waals surface area (Å²) in [5, 5.41) is 0. The number of hydrogen-bond donors (Lipinski definition) is 0. The normalized spacial score (nSPS) is 18.1. The highest BCUT2D eigenvalue weighted by Crippen LogP contribution is 2.18. The third kappa shape index (κ3) is 8.90. The molecule has 1 atom stereocenters. The van der Waals surface area contributed by atoms with Gasteiger partial charge in [0.05, 0.1) is 13.2 Å². The average molecular weight is 321 g/mol. The molecule has 1 aliphatic rings. The van der Waals surface area contributed by atoms with Crippen LogP contribution in [0.4, 0.5) is 0 Å². The SMILES string of the molecule is CCC[Si](OCC)(OCC)OCCCCCOCC1CO1. The van der Waals surface area contributed by atoms with E-state index in [1.807, 2.05) is 13.8 Å². The second kappa shape index (κ2) is 11.6. The zero-order chi connectivity index (χ0) is 15.4. The Labute approximate surface area is 130 Å². The first-order chi connectivity index (χ1) is 10.3. The predicted molar refractivity (Wildman–Crippen MR) is 84.5 cm³/mol. The maximum absolute atomic E-state index is 6.04. The Morgan fingerprint density at radius 1 is 0.952 bits per heavy atom. The van der Waals surface area contributed by atoms with Gasteiger partial charge in [0.25, 0.3) is 0 Å². The first-order valence-electron chi connectivity index (χ1n) is 8.37. The molecule has 6 heteroatoms. The van der Waals surface area contributed by atoms with Crippen LogP contribution in [0.1, 0.15) is 46.5 Å². The zero-order valence-electron chi connectivity index (χ0n) is 13.9. The molecule has 0 aliphatic carbocycles. The molecule has 0 bridgehead atoms. The van der Waals surface area contributed by atoms with Crippen LogP contribution in [0.25, 0.3) is 0 Å². The smallest absolute Gasteiger partial charge is 0.379 e. The van der Waals surface area contributed by atoms with E-state index < -0.39 is 8.80 Å². The van der Waals surface area contributed by atoms with E-state index in [4.69, 9.17) is 22.8 Å². The fraction of sp³-hybridized carbons (Fsp3) is 1.00. The lowest BCUT2D eigenvalue weighted by Gasteiger charge is -2.28. The molecule has 0 saturated carbocycles. The molecule has 1 rings (SSSR count). The molecule has 0 amide bonds. The highest BCUT2D eigenvalue weighted by atomic mass is 28.4. The average Bonchev–Trinajstić information content (AvgIpc) is 3.27. The van der Waals surface area contributed by atoms with Crippen LogP contribution in [0.15, 0.2) is 0 Å². The summed E-state index contributed by atoms with van der Waals surface area (Å²) in [5.41, 5.74) is 0. The number of hydrogen-bond acceptors (Lipinski definition) is 5. The molecule has 21 heavy (non-hydrogen) atoms. The maximum Gasteiger partial charge on any atom is 0.500 e. The van der Waals surface area contributed by atoms with Crippen LogP contribution in [-0.2, 0) is 22.8 Å². The molecular weight excluding hydrogens is 288 g/mol. The molecule has 1 saturated heterocycles. The third-order valence-corrected chi connectivity index (χ3v) is 6.46. The van der Waals surface area contributed by atoms with E-state index in [0.717, 1.165) is 58.2 Å². The lowest BCUT2D eigenvalue weighted by Crippen LogP contribution is -2.46. The van der Waals surface area contributed by atoms with Crippen molar-refractivity contribution in [3.05, 3.63) is 0 Å². The van der Waals surface area contributed by atoms with Gasteiger partial charge in [0.2, 0.25) is 0 Å². The monoisotopic (exact) mass is 320 g/mol. The highest BCUT2D eigenvalue weighted by Gasteiger charge is 2.39. The largest absolute Gasteiger partial charge is 0.500 e. The Hall–Kier alpha value is 0.0169. The summed E-state index contributed by atoms with van der Waals surface area (Å²) in [6.07, 6.45) is 4.61. The van der Waals surface area contributed by atoms with Gasteiger partial charge in [-0.3, -0.25) is 0 Å². The zero-order valence-corrected chi connectivity index (χ0v) is 14.9. The van der Waals surface area contributed by atoms with Gasteiger partial charge in [-0.05, 0) is 33.1 Å². The minimum atomic E-state index is -2.43. The highest BCUT2D eigenvalue weighted by molar-refractivity contribution is 6.60. The van der Waals surface area contributed by atoms with Gasteiger partial charge in [0.15, 0.2) is 0 Å². The van der Waals surface area contributed by atoms with E-state index in [1.54, 1.807) is 0 Å². The van der Waals surface area contributed by atoms with Crippen molar-refractivity contribution in [1.82, 2.24) is 0 Å². The van der Waals surface area contributed by atoms with Gasteiger partial charge in [0.1, 0.15) is 6.10 Å². The first-order valence-corrected chi connectivity index (χ1v) is 10.3. The molecule has 0 N–H and O–H groups in total. The summed E-state index contributed by atoms with van der Waals surface area (Å²) in [7, 11) is -2.43. The Bertz CT molecular complexity index is 231. The van der Waals surface area contributed by atoms with Crippen molar-refractivity contribution in [2.75, 3.05) is 39.6 Å². The predicted octanol–water partition coefficient (Wildman–Crippen LogP) is 3.01. The van der Waals surface area contributed by atoms with Gasteiger partial charge in [-0.1, -0.05) is 13.3 Å². The fourth-order valence-corrected chi connectivity index (χ4v) is 4.81. The van der Waals surface area contributed by atoms with Gasteiger partial charge in [-0.15, -0.1) is 0 Å². The summed E-state index contributed by atoms with van der Waals surface area (Å²) < 4.78 is 28.3. The van der Waals surface area contributed by atoms with Crippen molar-refractivity contribution in [3.8, 4) is 0 Å². The van der Waals surface area contributed by atoms with Crippen LogP contribution >= 0.6 is 0 Å². The van der Waals surface area contributed by atoms with Gasteiger partial charge < -0.3 is 22.8 Å². The van der Waals surface area contributed by atoms with Crippen molar-refractivity contribution in [2.24, 2.45) is 0 Å². The second-order valence-electron chi connectivity index (χ2n) is 5.24. The second-order valence-corrected chi connectivity index (χ2v) is 7.97. The van der Waals surface area contributed by atoms with E-state index in [-0.39, 0.29) is 0 Å². The Kier molecular flexibility index (Phi) is 10.5. The lowest BCUT2D eigenvalue weighted by molar-refractivity contribution is 0.0642. The van der Waals surface area contributed by atoms with Gasteiger partial charge in [-0.25, -0.2) is 0 Å². The summed E-state index contributed by atoms with van der Waals surface area (Å²) in [6, 6.07) is 0.902. The summed E-state index contributed by atoms with van der Waals surface area (Å²) in [6.45, 7) is 10.6. The number of rotatable bonds is 15. The van der Waals surface area contributed by atoms with Gasteiger partial charge >= 0.3 is 8.80 Å². The minimum absolute atomic E-state index is 0.367. The quantitative estimate of drug-likeness (QED) is 0.264. The molecule has 0 aromatic heterocycles. The van der Waals surface area contributed by atoms with E-state index in [2.05, 4.69) is 6.92 Å². The van der Waals surface area contributed by atoms with Crippen molar-refractivity contribution in [3.63, 3.8) is 0 Å². The molecule has 1 unspecified atom stereocenters. The molecule has 1 fully saturated rings. The molecular formula is C15H32O5Si. The third-order valence-electron chi connectivity index (χ3n) is 3.25. The molecule has 1 aliphatic heterocycles. The maximum atomic E-state index is 6.04. The Morgan fingerprint density at radius 3 is 2.19 bits per heavy atom. The standard InChI is InChI=1S/C15H32O5Si/c1-4-12-21(18-5-2,19-6-3)20-11-9-7-8-10-16-13-15-14-17-15/h15H,4-14H2,1-3H3. The van der Waals surface area contributed by atoms with Crippen molar-refractivity contribution in [2.45, 2.75) is 58.6 Å². The lowest BCUT2D eigenvalue weighted by atomic mass is 10.2. The summed E-state index contributed by atoms with van der Waals surface area (Å²) in [5.74, 6) is 0. The molecule has 0 aromatic rings. The Morgan fingerprint density at radius 2 is 1.62 bits per heavy atom. The van der Waals surface area contributed by atoms with E-state index in [9.17, 15) is 0 Å². The summed E-state index contributed by atoms with van der Waals surface area (Å²) >= 11 is 0.